The lowest BCUT2D eigenvalue weighted by Gasteiger charge is -2.22. The van der Waals surface area contributed by atoms with Gasteiger partial charge in [0, 0.05) is 43.8 Å². The summed E-state index contributed by atoms with van der Waals surface area (Å²) in [5, 5.41) is 7.66. The van der Waals surface area contributed by atoms with E-state index in [2.05, 4.69) is 0 Å². The molecule has 0 amide bonds. The first kappa shape index (κ1) is 15.9. The average Bonchev–Trinajstić information content (AvgIpc) is 2.36. The van der Waals surface area contributed by atoms with Crippen LogP contribution in [0.3, 0.4) is 0 Å². The number of nitrogens with one attached hydrogen (secondary N) is 1. The zero-order chi connectivity index (χ0) is 14.3. The van der Waals surface area contributed by atoms with E-state index >= 15 is 0 Å². The Morgan fingerprint density at radius 3 is 2.79 bits per heavy atom. The molecule has 0 saturated heterocycles. The normalized spacial score (nSPS) is 10.9. The van der Waals surface area contributed by atoms with Crippen LogP contribution in [0.15, 0.2) is 18.2 Å². The summed E-state index contributed by atoms with van der Waals surface area (Å²) in [7, 11) is 1.61. The molecule has 0 aromatic heterocycles. The maximum absolute atomic E-state index is 13.7. The van der Waals surface area contributed by atoms with Crippen molar-refractivity contribution in [3.63, 3.8) is 0 Å². The largest absolute Gasteiger partial charge is 0.388 e. The predicted molar refractivity (Wildman–Crippen MR) is 75.1 cm³/mol. The van der Waals surface area contributed by atoms with Gasteiger partial charge in [-0.15, -0.1) is 0 Å². The standard InChI is InChI=1S/C13H19ClFN3O/c1-19-8-7-18(6-5-13(16)17)9-10-11(14)3-2-4-12(10)15/h2-4H,5-9H2,1H3,(H3,16,17). The van der Waals surface area contributed by atoms with Crippen LogP contribution in [0.1, 0.15) is 12.0 Å². The average molecular weight is 288 g/mol. The number of nitrogens with zero attached hydrogens (tertiary/aromatic N) is 1. The molecule has 0 aliphatic rings. The molecule has 0 aliphatic heterocycles. The molecule has 1 aromatic rings. The molecule has 0 radical (unpaired) electrons. The molecule has 1 aromatic carbocycles. The molecule has 0 fully saturated rings. The van der Waals surface area contributed by atoms with E-state index in [4.69, 9.17) is 27.5 Å². The number of ether oxygens (including phenoxy) is 1. The second-order valence-corrected chi connectivity index (χ2v) is 4.65. The number of halogens is 2. The first-order valence-corrected chi connectivity index (χ1v) is 6.39. The third-order valence-electron chi connectivity index (χ3n) is 2.75. The van der Waals surface area contributed by atoms with Gasteiger partial charge in [-0.1, -0.05) is 17.7 Å². The third kappa shape index (κ3) is 5.55. The highest BCUT2D eigenvalue weighted by Crippen LogP contribution is 2.20. The molecule has 6 heteroatoms. The van der Waals surface area contributed by atoms with Crippen LogP contribution >= 0.6 is 11.6 Å². The van der Waals surface area contributed by atoms with E-state index in [0.29, 0.717) is 43.2 Å². The predicted octanol–water partition coefficient (Wildman–Crippen LogP) is 2.25. The number of rotatable bonds is 8. The van der Waals surface area contributed by atoms with Crippen molar-refractivity contribution in [1.29, 1.82) is 5.41 Å². The number of amidine groups is 1. The topological polar surface area (TPSA) is 62.3 Å². The van der Waals surface area contributed by atoms with E-state index in [1.807, 2.05) is 4.90 Å². The quantitative estimate of drug-likeness (QED) is 0.569. The molecular formula is C13H19ClFN3O. The monoisotopic (exact) mass is 287 g/mol. The van der Waals surface area contributed by atoms with Crippen molar-refractivity contribution in [1.82, 2.24) is 4.90 Å². The molecular weight excluding hydrogens is 269 g/mol. The van der Waals surface area contributed by atoms with Crippen LogP contribution in [0.25, 0.3) is 0 Å². The van der Waals surface area contributed by atoms with Crippen LogP contribution in [-0.4, -0.2) is 37.5 Å². The minimum absolute atomic E-state index is 0.113. The molecule has 0 heterocycles. The number of hydrogen-bond acceptors (Lipinski definition) is 3. The first-order valence-electron chi connectivity index (χ1n) is 6.01. The molecule has 0 saturated carbocycles. The van der Waals surface area contributed by atoms with Gasteiger partial charge in [0.2, 0.25) is 0 Å². The fraction of sp³-hybridized carbons (Fsp3) is 0.462. The van der Waals surface area contributed by atoms with E-state index in [1.165, 1.54) is 6.07 Å². The summed E-state index contributed by atoms with van der Waals surface area (Å²) in [5.74, 6) is -0.209. The molecule has 3 N–H and O–H groups in total. The second kappa shape index (κ2) is 8.09. The van der Waals surface area contributed by atoms with Crippen LogP contribution < -0.4 is 5.73 Å². The highest BCUT2D eigenvalue weighted by atomic mass is 35.5. The summed E-state index contributed by atoms with van der Waals surface area (Å²) in [6.07, 6.45) is 0.440. The van der Waals surface area contributed by atoms with Crippen LogP contribution in [0.2, 0.25) is 5.02 Å². The van der Waals surface area contributed by atoms with Crippen molar-refractivity contribution in [3.8, 4) is 0 Å². The van der Waals surface area contributed by atoms with Gasteiger partial charge in [0.25, 0.3) is 0 Å². The van der Waals surface area contributed by atoms with Crippen LogP contribution in [0.4, 0.5) is 4.39 Å². The summed E-state index contributed by atoms with van der Waals surface area (Å²) in [6, 6.07) is 4.64. The Bertz CT molecular complexity index is 408. The molecule has 19 heavy (non-hydrogen) atoms. The number of nitrogens with two attached hydrogens (primary N) is 1. The molecule has 0 atom stereocenters. The van der Waals surface area contributed by atoms with Gasteiger partial charge in [-0.3, -0.25) is 10.3 Å². The smallest absolute Gasteiger partial charge is 0.129 e. The molecule has 0 spiro atoms. The van der Waals surface area contributed by atoms with Crippen molar-refractivity contribution in [2.45, 2.75) is 13.0 Å². The molecule has 1 rings (SSSR count). The van der Waals surface area contributed by atoms with Gasteiger partial charge in [-0.05, 0) is 12.1 Å². The van der Waals surface area contributed by atoms with Gasteiger partial charge in [0.1, 0.15) is 5.82 Å². The molecule has 0 aliphatic carbocycles. The molecule has 0 bridgehead atoms. The Morgan fingerprint density at radius 2 is 2.21 bits per heavy atom. The summed E-state index contributed by atoms with van der Waals surface area (Å²) in [5.41, 5.74) is 5.81. The van der Waals surface area contributed by atoms with Crippen LogP contribution in [-0.2, 0) is 11.3 Å². The molecule has 0 unspecified atom stereocenters. The number of benzene rings is 1. The minimum atomic E-state index is -0.322. The number of methoxy groups -OCH3 is 1. The maximum atomic E-state index is 13.7. The van der Waals surface area contributed by atoms with Crippen molar-refractivity contribution < 1.29 is 9.13 Å². The maximum Gasteiger partial charge on any atom is 0.129 e. The van der Waals surface area contributed by atoms with Gasteiger partial charge < -0.3 is 10.5 Å². The van der Waals surface area contributed by atoms with Crippen molar-refractivity contribution >= 4 is 17.4 Å². The lowest BCUT2D eigenvalue weighted by Crippen LogP contribution is -2.31. The summed E-state index contributed by atoms with van der Waals surface area (Å²) in [4.78, 5) is 1.97. The molecule has 106 valence electrons. The van der Waals surface area contributed by atoms with Crippen molar-refractivity contribution in [3.05, 3.63) is 34.6 Å². The van der Waals surface area contributed by atoms with E-state index in [9.17, 15) is 4.39 Å². The Morgan fingerprint density at radius 1 is 1.47 bits per heavy atom. The second-order valence-electron chi connectivity index (χ2n) is 4.24. The van der Waals surface area contributed by atoms with E-state index in [-0.39, 0.29) is 11.7 Å². The Hall–Kier alpha value is -1.17. The van der Waals surface area contributed by atoms with Crippen LogP contribution in [0.5, 0.6) is 0 Å². The first-order chi connectivity index (χ1) is 9.04. The van der Waals surface area contributed by atoms with Crippen molar-refractivity contribution in [2.75, 3.05) is 26.8 Å². The summed E-state index contributed by atoms with van der Waals surface area (Å²) in [6.45, 7) is 2.12. The molecule has 4 nitrogen and oxygen atoms in total. The Labute approximate surface area is 117 Å². The summed E-state index contributed by atoms with van der Waals surface area (Å²) >= 11 is 6.01. The van der Waals surface area contributed by atoms with Crippen LogP contribution in [0, 0.1) is 11.2 Å². The van der Waals surface area contributed by atoms with Gasteiger partial charge in [0.15, 0.2) is 0 Å². The lowest BCUT2D eigenvalue weighted by molar-refractivity contribution is 0.145. The van der Waals surface area contributed by atoms with E-state index in [1.54, 1.807) is 19.2 Å². The fourth-order valence-corrected chi connectivity index (χ4v) is 1.90. The van der Waals surface area contributed by atoms with E-state index < -0.39 is 0 Å². The number of hydrogen-bond donors (Lipinski definition) is 2. The minimum Gasteiger partial charge on any atom is -0.388 e. The zero-order valence-electron chi connectivity index (χ0n) is 11.0. The summed E-state index contributed by atoms with van der Waals surface area (Å²) < 4.78 is 18.7. The lowest BCUT2D eigenvalue weighted by atomic mass is 10.2. The zero-order valence-corrected chi connectivity index (χ0v) is 11.7. The highest BCUT2D eigenvalue weighted by Gasteiger charge is 2.12. The van der Waals surface area contributed by atoms with Gasteiger partial charge in [0.05, 0.1) is 12.4 Å². The van der Waals surface area contributed by atoms with Gasteiger partial charge in [-0.2, -0.15) is 0 Å². The SMILES string of the molecule is COCCN(CCC(=N)N)Cc1c(F)cccc1Cl. The highest BCUT2D eigenvalue weighted by molar-refractivity contribution is 6.31. The van der Waals surface area contributed by atoms with Gasteiger partial charge >= 0.3 is 0 Å². The van der Waals surface area contributed by atoms with Gasteiger partial charge in [-0.25, -0.2) is 4.39 Å². The Balaban J connectivity index is 2.72. The third-order valence-corrected chi connectivity index (χ3v) is 3.11. The Kier molecular flexibility index (Phi) is 6.77. The van der Waals surface area contributed by atoms with Crippen molar-refractivity contribution in [2.24, 2.45) is 5.73 Å². The van der Waals surface area contributed by atoms with E-state index in [0.717, 1.165) is 0 Å². The fourth-order valence-electron chi connectivity index (χ4n) is 1.68.